The first-order valence-electron chi connectivity index (χ1n) is 16.6. The number of piperidine rings is 1. The van der Waals surface area contributed by atoms with Crippen molar-refractivity contribution in [2.24, 2.45) is 10.9 Å². The van der Waals surface area contributed by atoms with Gasteiger partial charge in [0, 0.05) is 30.3 Å². The predicted molar refractivity (Wildman–Crippen MR) is 176 cm³/mol. The zero-order chi connectivity index (χ0) is 30.0. The Morgan fingerprint density at radius 1 is 0.927 bits per heavy atom. The Morgan fingerprint density at radius 2 is 1.59 bits per heavy atom. The molecule has 1 saturated heterocycles. The normalized spacial score (nSPS) is 16.7. The summed E-state index contributed by atoms with van der Waals surface area (Å²) in [4.78, 5) is 20.2. The van der Waals surface area contributed by atoms with Crippen LogP contribution in [0.5, 0.6) is 0 Å². The number of ketones is 1. The molecule has 3 nitrogen and oxygen atoms in total. The molecule has 228 valence electrons. The Hall–Kier alpha value is -2.33. The van der Waals surface area contributed by atoms with Gasteiger partial charge in [0.05, 0.1) is 5.69 Å². The van der Waals surface area contributed by atoms with Crippen LogP contribution in [0.4, 0.5) is 10.1 Å². The summed E-state index contributed by atoms with van der Waals surface area (Å²) in [5.41, 5.74) is 4.26. The monoisotopic (exact) mass is 564 g/mol. The van der Waals surface area contributed by atoms with Crippen molar-refractivity contribution in [2.75, 3.05) is 13.1 Å². The zero-order valence-electron chi connectivity index (χ0n) is 27.0. The molecule has 2 aromatic carbocycles. The molecule has 2 atom stereocenters. The second-order valence-corrected chi connectivity index (χ2v) is 11.8. The number of unbranched alkanes of at least 4 members (excludes halogenated alkanes) is 3. The van der Waals surface area contributed by atoms with Crippen LogP contribution in [0.1, 0.15) is 135 Å². The van der Waals surface area contributed by atoms with E-state index in [0.717, 1.165) is 66.6 Å². The number of rotatable bonds is 15. The molecule has 1 aliphatic rings. The fraction of sp³-hybridized carbons (Fsp3) is 0.622. The van der Waals surface area contributed by atoms with E-state index < -0.39 is 0 Å². The van der Waals surface area contributed by atoms with E-state index in [1.165, 1.54) is 70.2 Å². The first-order valence-corrected chi connectivity index (χ1v) is 16.6. The number of carbonyl (C=O) groups excluding carboxylic acids is 1. The Balaban J connectivity index is 0.000000333. The maximum absolute atomic E-state index is 13.2. The smallest absolute Gasteiger partial charge is 0.165 e. The first-order chi connectivity index (χ1) is 19.9. The van der Waals surface area contributed by atoms with E-state index in [1.807, 2.05) is 25.1 Å². The average Bonchev–Trinajstić information content (AvgIpc) is 3.00. The lowest BCUT2D eigenvalue weighted by Crippen LogP contribution is -2.42. The molecule has 41 heavy (non-hydrogen) atoms. The molecule has 4 heteroatoms. The van der Waals surface area contributed by atoms with Gasteiger partial charge in [0.1, 0.15) is 5.82 Å². The van der Waals surface area contributed by atoms with Crippen LogP contribution in [0.3, 0.4) is 0 Å². The molecule has 1 aliphatic heterocycles. The van der Waals surface area contributed by atoms with Crippen molar-refractivity contribution in [3.8, 4) is 11.1 Å². The minimum atomic E-state index is -0.263. The highest BCUT2D eigenvalue weighted by atomic mass is 19.1. The van der Waals surface area contributed by atoms with Crippen molar-refractivity contribution < 1.29 is 9.18 Å². The summed E-state index contributed by atoms with van der Waals surface area (Å²) >= 11 is 0. The molecule has 0 spiro atoms. The molecular formula is C37H57FN2O. The van der Waals surface area contributed by atoms with Crippen molar-refractivity contribution in [3.05, 3.63) is 53.8 Å². The quantitative estimate of drug-likeness (QED) is 0.159. The van der Waals surface area contributed by atoms with Gasteiger partial charge >= 0.3 is 0 Å². The number of likely N-dealkylation sites (tertiary alicyclic amines) is 1. The fourth-order valence-corrected chi connectivity index (χ4v) is 5.69. The highest BCUT2D eigenvalue weighted by Crippen LogP contribution is 2.29. The van der Waals surface area contributed by atoms with Crippen molar-refractivity contribution in [3.63, 3.8) is 0 Å². The summed E-state index contributed by atoms with van der Waals surface area (Å²) in [5.74, 6) is 0.841. The summed E-state index contributed by atoms with van der Waals surface area (Å²) in [6, 6.07) is 13.0. The van der Waals surface area contributed by atoms with Gasteiger partial charge in [-0.3, -0.25) is 9.79 Å². The van der Waals surface area contributed by atoms with Crippen molar-refractivity contribution in [1.29, 1.82) is 0 Å². The SMILES string of the molecule is CCCCC(=O)c1cc(-c2ccc(F)cc2)ccc1N=C(C)CCCC.CCCCC(CC)N1CCCC(CC)C1. The summed E-state index contributed by atoms with van der Waals surface area (Å²) in [6.45, 7) is 16.0. The van der Waals surface area contributed by atoms with Crippen LogP contribution in [0, 0.1) is 11.7 Å². The van der Waals surface area contributed by atoms with E-state index in [-0.39, 0.29) is 11.6 Å². The number of Topliss-reactive ketones (excluding diaryl/α,β-unsaturated/α-hetero) is 1. The maximum Gasteiger partial charge on any atom is 0.165 e. The van der Waals surface area contributed by atoms with E-state index in [4.69, 9.17) is 4.99 Å². The summed E-state index contributed by atoms with van der Waals surface area (Å²) in [6.07, 6.45) is 15.3. The van der Waals surface area contributed by atoms with E-state index in [1.54, 1.807) is 12.1 Å². The Morgan fingerprint density at radius 3 is 2.22 bits per heavy atom. The number of hydrogen-bond donors (Lipinski definition) is 0. The Labute approximate surface area is 251 Å². The molecule has 0 aliphatic carbocycles. The Bertz CT molecular complexity index is 1050. The standard InChI is InChI=1S/C23H28FNO.C14H29N/c1-4-6-8-17(3)25-22-15-12-19(18-10-13-20(24)14-11-18)16-21(22)23(26)9-7-5-2;1-4-7-10-14(6-3)15-11-8-9-13(5-2)12-15/h10-16H,4-9H2,1-3H3;13-14H,4-12H2,1-3H3. The van der Waals surface area contributed by atoms with Crippen LogP contribution in [0.25, 0.3) is 11.1 Å². The maximum atomic E-state index is 13.2. The number of hydrogen-bond acceptors (Lipinski definition) is 3. The minimum absolute atomic E-state index is 0.123. The van der Waals surface area contributed by atoms with Gasteiger partial charge in [-0.05, 0) is 99.7 Å². The first kappa shape index (κ1) is 34.9. The summed E-state index contributed by atoms with van der Waals surface area (Å²) in [5, 5.41) is 0. The number of benzene rings is 2. The van der Waals surface area contributed by atoms with Gasteiger partial charge in [0.15, 0.2) is 5.78 Å². The zero-order valence-corrected chi connectivity index (χ0v) is 27.0. The predicted octanol–water partition coefficient (Wildman–Crippen LogP) is 11.2. The van der Waals surface area contributed by atoms with Crippen LogP contribution in [-0.4, -0.2) is 35.5 Å². The molecule has 0 radical (unpaired) electrons. The molecule has 2 unspecified atom stereocenters. The van der Waals surface area contributed by atoms with Crippen molar-refractivity contribution in [1.82, 2.24) is 4.90 Å². The van der Waals surface area contributed by atoms with Crippen molar-refractivity contribution in [2.45, 2.75) is 131 Å². The lowest BCUT2D eigenvalue weighted by molar-refractivity contribution is 0.0980. The Kier molecular flexibility index (Phi) is 16.8. The van der Waals surface area contributed by atoms with Crippen LogP contribution < -0.4 is 0 Å². The van der Waals surface area contributed by atoms with Gasteiger partial charge in [-0.2, -0.15) is 0 Å². The number of halogens is 1. The molecule has 1 fully saturated rings. The lowest BCUT2D eigenvalue weighted by atomic mass is 9.93. The van der Waals surface area contributed by atoms with E-state index in [0.29, 0.717) is 12.0 Å². The van der Waals surface area contributed by atoms with Gasteiger partial charge in [0.2, 0.25) is 0 Å². The molecular weight excluding hydrogens is 507 g/mol. The van der Waals surface area contributed by atoms with Crippen LogP contribution >= 0.6 is 0 Å². The average molecular weight is 565 g/mol. The van der Waals surface area contributed by atoms with Crippen LogP contribution in [-0.2, 0) is 0 Å². The van der Waals surface area contributed by atoms with Crippen molar-refractivity contribution >= 4 is 17.2 Å². The summed E-state index contributed by atoms with van der Waals surface area (Å²) in [7, 11) is 0. The molecule has 3 rings (SSSR count). The van der Waals surface area contributed by atoms with Gasteiger partial charge in [0.25, 0.3) is 0 Å². The lowest BCUT2D eigenvalue weighted by Gasteiger charge is -2.38. The molecule has 0 amide bonds. The molecule has 1 heterocycles. The molecule has 0 saturated carbocycles. The van der Waals surface area contributed by atoms with Gasteiger partial charge in [-0.25, -0.2) is 4.39 Å². The van der Waals surface area contributed by atoms with Gasteiger partial charge in [-0.1, -0.05) is 84.9 Å². The van der Waals surface area contributed by atoms with Gasteiger partial charge in [-0.15, -0.1) is 0 Å². The second kappa shape index (κ2) is 19.7. The third kappa shape index (κ3) is 12.2. The highest BCUT2D eigenvalue weighted by molar-refractivity contribution is 6.03. The second-order valence-electron chi connectivity index (χ2n) is 11.8. The largest absolute Gasteiger partial charge is 0.300 e. The minimum Gasteiger partial charge on any atom is -0.300 e. The molecule has 0 N–H and O–H groups in total. The van der Waals surface area contributed by atoms with Crippen LogP contribution in [0.2, 0.25) is 0 Å². The topological polar surface area (TPSA) is 32.7 Å². The number of nitrogens with zero attached hydrogens (tertiary/aromatic N) is 2. The molecule has 0 aromatic heterocycles. The fourth-order valence-electron chi connectivity index (χ4n) is 5.69. The van der Waals surface area contributed by atoms with E-state index in [9.17, 15) is 9.18 Å². The number of aliphatic imine (C=N–C) groups is 1. The number of carbonyl (C=O) groups is 1. The third-order valence-electron chi connectivity index (χ3n) is 8.44. The van der Waals surface area contributed by atoms with Crippen LogP contribution in [0.15, 0.2) is 47.5 Å². The van der Waals surface area contributed by atoms with Gasteiger partial charge < -0.3 is 4.90 Å². The summed E-state index contributed by atoms with van der Waals surface area (Å²) < 4.78 is 13.2. The van der Waals surface area contributed by atoms with E-state index in [2.05, 4.69) is 39.5 Å². The molecule has 2 aromatic rings. The highest BCUT2D eigenvalue weighted by Gasteiger charge is 2.23. The third-order valence-corrected chi connectivity index (χ3v) is 8.44. The van der Waals surface area contributed by atoms with E-state index >= 15 is 0 Å². The molecule has 0 bridgehead atoms.